The number of hydrogen-bond acceptors (Lipinski definition) is 2. The van der Waals surface area contributed by atoms with E-state index < -0.39 is 0 Å². The molecule has 1 aliphatic carbocycles. The van der Waals surface area contributed by atoms with Gasteiger partial charge in [-0.1, -0.05) is 80.6 Å². The van der Waals surface area contributed by atoms with E-state index in [1.807, 2.05) is 0 Å². The van der Waals surface area contributed by atoms with Gasteiger partial charge in [0.25, 0.3) is 0 Å². The second-order valence-corrected chi connectivity index (χ2v) is 10.5. The summed E-state index contributed by atoms with van der Waals surface area (Å²) in [5.41, 5.74) is 7.51. The highest BCUT2D eigenvalue weighted by atomic mass is 16.1. The Labute approximate surface area is 191 Å². The van der Waals surface area contributed by atoms with Crippen LogP contribution in [0, 0.1) is 5.92 Å². The van der Waals surface area contributed by atoms with E-state index in [4.69, 9.17) is 0 Å². The number of ketones is 1. The number of Topliss-reactive ketones (excluding diaryl/α,β-unsaturated/α-hetero) is 1. The lowest BCUT2D eigenvalue weighted by Gasteiger charge is -2.38. The van der Waals surface area contributed by atoms with E-state index in [1.54, 1.807) is 0 Å². The summed E-state index contributed by atoms with van der Waals surface area (Å²) >= 11 is 0. The number of carbonyl (C=O) groups is 1. The lowest BCUT2D eigenvalue weighted by molar-refractivity contribution is 0.0678. The predicted molar refractivity (Wildman–Crippen MR) is 130 cm³/mol. The number of carbonyl (C=O) groups excluding carboxylic acids is 1. The molecule has 6 rings (SSSR count). The van der Waals surface area contributed by atoms with Crippen molar-refractivity contribution in [3.05, 3.63) is 95.1 Å². The van der Waals surface area contributed by atoms with E-state index in [0.29, 0.717) is 17.9 Å². The van der Waals surface area contributed by atoms with Crippen molar-refractivity contribution < 1.29 is 4.79 Å². The fourth-order valence-electron chi connectivity index (χ4n) is 6.63. The van der Waals surface area contributed by atoms with Gasteiger partial charge < -0.3 is 0 Å². The lowest BCUT2D eigenvalue weighted by Crippen LogP contribution is -2.44. The molecule has 2 atom stereocenters. The normalized spacial score (nSPS) is 25.4. The quantitative estimate of drug-likeness (QED) is 0.441. The molecule has 3 aliphatic rings. The van der Waals surface area contributed by atoms with Gasteiger partial charge in [0.2, 0.25) is 0 Å². The van der Waals surface area contributed by atoms with E-state index >= 15 is 0 Å². The Kier molecular flexibility index (Phi) is 4.62. The molecule has 2 fully saturated rings. The van der Waals surface area contributed by atoms with Crippen molar-refractivity contribution in [3.8, 4) is 11.1 Å². The van der Waals surface area contributed by atoms with Gasteiger partial charge in [-0.25, -0.2) is 0 Å². The van der Waals surface area contributed by atoms with Crippen molar-refractivity contribution in [3.63, 3.8) is 0 Å². The third-order valence-corrected chi connectivity index (χ3v) is 8.33. The van der Waals surface area contributed by atoms with E-state index in [2.05, 4.69) is 91.5 Å². The molecule has 2 saturated heterocycles. The highest BCUT2D eigenvalue weighted by molar-refractivity contribution is 5.99. The minimum atomic E-state index is -0.0553. The van der Waals surface area contributed by atoms with Gasteiger partial charge in [0.15, 0.2) is 5.78 Å². The number of piperidine rings is 1. The molecule has 2 heterocycles. The largest absolute Gasteiger partial charge is 0.294 e. The first-order valence-corrected chi connectivity index (χ1v) is 12.1. The summed E-state index contributed by atoms with van der Waals surface area (Å²) in [5, 5.41) is 0. The average molecular weight is 422 g/mol. The van der Waals surface area contributed by atoms with Crippen LogP contribution in [0.2, 0.25) is 0 Å². The van der Waals surface area contributed by atoms with Gasteiger partial charge in [0.05, 0.1) is 0 Å². The Morgan fingerprint density at radius 3 is 2.25 bits per heavy atom. The molecule has 2 aliphatic heterocycles. The molecule has 2 nitrogen and oxygen atoms in total. The Bertz CT molecular complexity index is 1160. The van der Waals surface area contributed by atoms with Crippen LogP contribution in [0.1, 0.15) is 66.6 Å². The fraction of sp³-hybridized carbons (Fsp3) is 0.367. The summed E-state index contributed by atoms with van der Waals surface area (Å²) in [4.78, 5) is 16.3. The molecule has 2 bridgehead atoms. The number of benzene rings is 3. The van der Waals surface area contributed by atoms with Gasteiger partial charge in [-0.3, -0.25) is 9.69 Å². The molecular formula is C30H31NO. The number of nitrogens with zero attached hydrogens (tertiary/aromatic N) is 1. The fourth-order valence-corrected chi connectivity index (χ4v) is 6.63. The summed E-state index contributed by atoms with van der Waals surface area (Å²) in [6, 6.07) is 27.0. The molecule has 3 aromatic rings. The molecular weight excluding hydrogens is 390 g/mol. The number of hydrogen-bond donors (Lipinski definition) is 0. The smallest absolute Gasteiger partial charge is 0.166 e. The van der Waals surface area contributed by atoms with E-state index in [-0.39, 0.29) is 11.3 Å². The zero-order chi connectivity index (χ0) is 21.9. The zero-order valence-corrected chi connectivity index (χ0v) is 19.1. The summed E-state index contributed by atoms with van der Waals surface area (Å²) in [7, 11) is 0. The molecule has 0 saturated carbocycles. The third kappa shape index (κ3) is 3.08. The van der Waals surface area contributed by atoms with Crippen molar-refractivity contribution >= 4 is 5.78 Å². The molecule has 2 heteroatoms. The van der Waals surface area contributed by atoms with Crippen molar-refractivity contribution in [1.82, 2.24) is 4.90 Å². The topological polar surface area (TPSA) is 20.3 Å². The van der Waals surface area contributed by atoms with Crippen LogP contribution in [-0.2, 0) is 12.0 Å². The monoisotopic (exact) mass is 421 g/mol. The van der Waals surface area contributed by atoms with Crippen molar-refractivity contribution in [1.29, 1.82) is 0 Å². The van der Waals surface area contributed by atoms with Crippen LogP contribution in [0.25, 0.3) is 11.1 Å². The highest BCUT2D eigenvalue weighted by Crippen LogP contribution is 2.49. The molecule has 0 N–H and O–H groups in total. The van der Waals surface area contributed by atoms with Crippen LogP contribution in [-0.4, -0.2) is 22.8 Å². The third-order valence-electron chi connectivity index (χ3n) is 8.33. The van der Waals surface area contributed by atoms with Gasteiger partial charge >= 0.3 is 0 Å². The zero-order valence-electron chi connectivity index (χ0n) is 19.1. The maximum absolute atomic E-state index is 13.6. The summed E-state index contributed by atoms with van der Waals surface area (Å²) in [5.74, 6) is 0.514. The molecule has 2 unspecified atom stereocenters. The first kappa shape index (κ1) is 19.9. The first-order valence-electron chi connectivity index (χ1n) is 12.1. The van der Waals surface area contributed by atoms with Gasteiger partial charge in [-0.05, 0) is 59.6 Å². The van der Waals surface area contributed by atoms with Crippen LogP contribution in [0.3, 0.4) is 0 Å². The Morgan fingerprint density at radius 1 is 0.844 bits per heavy atom. The average Bonchev–Trinajstić information content (AvgIpc) is 3.18. The van der Waals surface area contributed by atoms with Gasteiger partial charge in [-0.2, -0.15) is 0 Å². The maximum atomic E-state index is 13.6. The minimum Gasteiger partial charge on any atom is -0.294 e. The molecule has 3 aromatic carbocycles. The first-order chi connectivity index (χ1) is 15.5. The van der Waals surface area contributed by atoms with Crippen LogP contribution in [0.5, 0.6) is 0 Å². The molecule has 0 aromatic heterocycles. The predicted octanol–water partition coefficient (Wildman–Crippen LogP) is 6.62. The van der Waals surface area contributed by atoms with E-state index in [0.717, 1.165) is 24.9 Å². The van der Waals surface area contributed by atoms with E-state index in [9.17, 15) is 4.79 Å². The van der Waals surface area contributed by atoms with Crippen LogP contribution in [0.4, 0.5) is 0 Å². The Morgan fingerprint density at radius 2 is 1.50 bits per heavy atom. The standard InChI is InChI=1S/C30H31NO/c1-30(2)27-11-7-6-10-25(27)26-15-12-21(18-28(26)30)29(32)22-16-23-13-14-24(17-22)31(23)19-20-8-4-3-5-9-20/h3-12,15,18,22-24H,13-14,16-17,19H2,1-2H3. The molecule has 32 heavy (non-hydrogen) atoms. The Balaban J connectivity index is 1.24. The summed E-state index contributed by atoms with van der Waals surface area (Å²) in [6.07, 6.45) is 4.47. The molecule has 162 valence electrons. The lowest BCUT2D eigenvalue weighted by atomic mass is 9.80. The van der Waals surface area contributed by atoms with E-state index in [1.165, 1.54) is 40.7 Å². The number of fused-ring (bicyclic) bond motifs is 5. The molecule has 0 amide bonds. The molecule has 0 spiro atoms. The van der Waals surface area contributed by atoms with Crippen LogP contribution < -0.4 is 0 Å². The van der Waals surface area contributed by atoms with Crippen molar-refractivity contribution in [2.24, 2.45) is 5.92 Å². The highest BCUT2D eigenvalue weighted by Gasteiger charge is 2.43. The molecule has 0 radical (unpaired) electrons. The van der Waals surface area contributed by atoms with Crippen molar-refractivity contribution in [2.45, 2.75) is 63.6 Å². The number of rotatable bonds is 4. The minimum absolute atomic E-state index is 0.0553. The van der Waals surface area contributed by atoms with Crippen LogP contribution >= 0.6 is 0 Å². The van der Waals surface area contributed by atoms with Crippen LogP contribution in [0.15, 0.2) is 72.8 Å². The van der Waals surface area contributed by atoms with Gasteiger partial charge in [0, 0.05) is 35.5 Å². The Hall–Kier alpha value is -2.71. The van der Waals surface area contributed by atoms with Gasteiger partial charge in [0.1, 0.15) is 0 Å². The second-order valence-electron chi connectivity index (χ2n) is 10.5. The SMILES string of the molecule is CC1(C)c2ccccc2-c2ccc(C(=O)C3CC4CCC(C3)N4Cc3ccccc3)cc21. The maximum Gasteiger partial charge on any atom is 0.166 e. The summed E-state index contributed by atoms with van der Waals surface area (Å²) < 4.78 is 0. The van der Waals surface area contributed by atoms with Gasteiger partial charge in [-0.15, -0.1) is 0 Å². The van der Waals surface area contributed by atoms with Crippen molar-refractivity contribution in [2.75, 3.05) is 0 Å². The second kappa shape index (κ2) is 7.42. The summed E-state index contributed by atoms with van der Waals surface area (Å²) in [6.45, 7) is 5.59.